The average molecular weight is 492 g/mol. The Morgan fingerprint density at radius 2 is 2.06 bits per heavy atom. The van der Waals surface area contributed by atoms with Crippen LogP contribution in [0.25, 0.3) is 22.3 Å². The molecule has 0 amide bonds. The first-order valence-electron chi connectivity index (χ1n) is 12.0. The zero-order valence-corrected chi connectivity index (χ0v) is 19.6. The largest absolute Gasteiger partial charge is 0.458 e. The van der Waals surface area contributed by atoms with Gasteiger partial charge in [-0.05, 0) is 24.5 Å². The first kappa shape index (κ1) is 21.8. The molecule has 3 aromatic rings. The Bertz CT molecular complexity index is 1540. The summed E-state index contributed by atoms with van der Waals surface area (Å²) >= 11 is 0. The van der Waals surface area contributed by atoms with E-state index in [4.69, 9.17) is 23.9 Å². The monoisotopic (exact) mass is 492 g/mol. The molecule has 2 N–H and O–H groups in total. The third kappa shape index (κ3) is 2.80. The number of pyridine rings is 2. The number of cyclic esters (lactones) is 1. The van der Waals surface area contributed by atoms with E-state index in [0.717, 1.165) is 46.2 Å². The van der Waals surface area contributed by atoms with E-state index in [1.165, 1.54) is 0 Å². The Kier molecular flexibility index (Phi) is 4.55. The van der Waals surface area contributed by atoms with Crippen molar-refractivity contribution >= 4 is 16.9 Å². The highest BCUT2D eigenvalue weighted by molar-refractivity contribution is 5.96. The predicted molar refractivity (Wildman–Crippen MR) is 125 cm³/mol. The Balaban J connectivity index is 1.51. The number of aromatic nitrogens is 2. The number of aryl methyl sites for hydroxylation is 1. The van der Waals surface area contributed by atoms with Gasteiger partial charge in [0.1, 0.15) is 6.61 Å². The second kappa shape index (κ2) is 7.52. The number of ether oxygens (including phenoxy) is 4. The summed E-state index contributed by atoms with van der Waals surface area (Å²) in [7, 11) is 0. The molecule has 2 atom stereocenters. The van der Waals surface area contributed by atoms with E-state index in [-0.39, 0.29) is 43.3 Å². The van der Waals surface area contributed by atoms with Crippen LogP contribution < -0.4 is 15.0 Å². The second-order valence-corrected chi connectivity index (χ2v) is 10.00. The van der Waals surface area contributed by atoms with Gasteiger partial charge in [0.25, 0.3) is 5.56 Å². The molecule has 2 aromatic heterocycles. The van der Waals surface area contributed by atoms with Gasteiger partial charge in [0.15, 0.2) is 17.6 Å². The van der Waals surface area contributed by atoms with Gasteiger partial charge in [0, 0.05) is 33.6 Å². The SMILES string of the molecule is CC1(COCCO)CCc2c3c(cc4nc5c(c1c24)Cn1c-5cc2c(c1=O)COC(=O)C2O)OCO3. The normalized spacial score (nSPS) is 22.9. The predicted octanol–water partition coefficient (Wildman–Crippen LogP) is 1.46. The van der Waals surface area contributed by atoms with Crippen molar-refractivity contribution in [2.45, 2.75) is 44.4 Å². The molecule has 0 radical (unpaired) electrons. The Hall–Kier alpha value is -3.47. The first-order valence-corrected chi connectivity index (χ1v) is 12.0. The molecule has 1 aliphatic carbocycles. The molecule has 0 bridgehead atoms. The summed E-state index contributed by atoms with van der Waals surface area (Å²) in [5.41, 5.74) is 4.80. The molecule has 5 heterocycles. The standard InChI is InChI=1S/C26H24N2O8/c1-26(10-33-5-4-29)3-2-12-19-16(7-18-23(12)36-11-35-18)27-21-14(20(19)26)8-28-17(21)6-13-15(24(28)31)9-34-25(32)22(13)30/h6-7,22,29-30H,2-5,8-11H2,1H3. The summed E-state index contributed by atoms with van der Waals surface area (Å²) in [5.74, 6) is 0.623. The van der Waals surface area contributed by atoms with E-state index in [9.17, 15) is 19.8 Å². The topological polar surface area (TPSA) is 129 Å². The third-order valence-electron chi connectivity index (χ3n) is 7.87. The Labute approximate surface area is 205 Å². The Morgan fingerprint density at radius 1 is 1.19 bits per heavy atom. The van der Waals surface area contributed by atoms with Crippen molar-refractivity contribution in [3.8, 4) is 22.9 Å². The van der Waals surface area contributed by atoms with Crippen LogP contribution in [0.1, 0.15) is 47.3 Å². The second-order valence-electron chi connectivity index (χ2n) is 10.00. The smallest absolute Gasteiger partial charge is 0.340 e. The number of aliphatic hydroxyl groups excluding tert-OH is 2. The number of benzene rings is 1. The molecular formula is C26H24N2O8. The van der Waals surface area contributed by atoms with Crippen LogP contribution in [0.4, 0.5) is 0 Å². The fourth-order valence-electron chi connectivity index (χ4n) is 6.18. The molecule has 0 saturated heterocycles. The molecule has 0 saturated carbocycles. The summed E-state index contributed by atoms with van der Waals surface area (Å²) in [4.78, 5) is 30.5. The quantitative estimate of drug-likeness (QED) is 0.321. The zero-order valence-electron chi connectivity index (χ0n) is 19.6. The van der Waals surface area contributed by atoms with Crippen LogP contribution in [0, 0.1) is 0 Å². The van der Waals surface area contributed by atoms with Crippen molar-refractivity contribution in [1.82, 2.24) is 9.55 Å². The summed E-state index contributed by atoms with van der Waals surface area (Å²) < 4.78 is 24.0. The van der Waals surface area contributed by atoms with E-state index in [0.29, 0.717) is 30.3 Å². The first-order chi connectivity index (χ1) is 17.4. The molecule has 1 aromatic carbocycles. The molecule has 186 valence electrons. The molecule has 0 fully saturated rings. The minimum atomic E-state index is -1.51. The van der Waals surface area contributed by atoms with Gasteiger partial charge < -0.3 is 33.7 Å². The highest BCUT2D eigenvalue weighted by atomic mass is 16.7. The molecule has 3 aliphatic heterocycles. The fourth-order valence-corrected chi connectivity index (χ4v) is 6.18. The van der Waals surface area contributed by atoms with Crippen molar-refractivity contribution < 1.29 is 34.0 Å². The van der Waals surface area contributed by atoms with E-state index in [2.05, 4.69) is 6.92 Å². The number of rotatable bonds is 4. The van der Waals surface area contributed by atoms with Crippen LogP contribution in [-0.2, 0) is 39.3 Å². The number of hydrogen-bond acceptors (Lipinski definition) is 9. The molecule has 4 aliphatic rings. The van der Waals surface area contributed by atoms with Crippen molar-refractivity contribution in [2.75, 3.05) is 26.6 Å². The summed E-state index contributed by atoms with van der Waals surface area (Å²) in [5, 5.41) is 20.7. The van der Waals surface area contributed by atoms with Crippen LogP contribution in [0.5, 0.6) is 11.5 Å². The van der Waals surface area contributed by atoms with Crippen LogP contribution >= 0.6 is 0 Å². The van der Waals surface area contributed by atoms with Gasteiger partial charge in [-0.1, -0.05) is 6.92 Å². The molecule has 0 spiro atoms. The number of esters is 1. The minimum Gasteiger partial charge on any atom is -0.458 e. The average Bonchev–Trinajstić information content (AvgIpc) is 3.48. The maximum absolute atomic E-state index is 13.5. The highest BCUT2D eigenvalue weighted by Gasteiger charge is 2.42. The van der Waals surface area contributed by atoms with Crippen LogP contribution in [-0.4, -0.2) is 52.3 Å². The lowest BCUT2D eigenvalue weighted by molar-refractivity contribution is -0.157. The molecule has 7 rings (SSSR count). The fraction of sp³-hybridized carbons (Fsp3) is 0.423. The van der Waals surface area contributed by atoms with E-state index in [1.54, 1.807) is 10.6 Å². The van der Waals surface area contributed by atoms with Gasteiger partial charge in [-0.25, -0.2) is 9.78 Å². The van der Waals surface area contributed by atoms with Crippen LogP contribution in [0.15, 0.2) is 16.9 Å². The maximum Gasteiger partial charge on any atom is 0.340 e. The zero-order chi connectivity index (χ0) is 24.8. The highest BCUT2D eigenvalue weighted by Crippen LogP contribution is 2.52. The van der Waals surface area contributed by atoms with Crippen LogP contribution in [0.2, 0.25) is 0 Å². The molecule has 10 nitrogen and oxygen atoms in total. The van der Waals surface area contributed by atoms with Gasteiger partial charge in [-0.3, -0.25) is 4.79 Å². The number of carbonyl (C=O) groups is 1. The number of aliphatic hydroxyl groups is 2. The summed E-state index contributed by atoms with van der Waals surface area (Å²) in [6.45, 7) is 3.01. The summed E-state index contributed by atoms with van der Waals surface area (Å²) in [6, 6.07) is 3.56. The number of fused-ring (bicyclic) bond motifs is 7. The number of hydrogen-bond donors (Lipinski definition) is 2. The maximum atomic E-state index is 13.5. The summed E-state index contributed by atoms with van der Waals surface area (Å²) in [6.07, 6.45) is 0.0230. The lowest BCUT2D eigenvalue weighted by Crippen LogP contribution is -2.34. The van der Waals surface area contributed by atoms with E-state index in [1.807, 2.05) is 6.07 Å². The third-order valence-corrected chi connectivity index (χ3v) is 7.87. The molecular weight excluding hydrogens is 468 g/mol. The molecule has 10 heteroatoms. The van der Waals surface area contributed by atoms with Crippen LogP contribution in [0.3, 0.4) is 0 Å². The van der Waals surface area contributed by atoms with Gasteiger partial charge in [-0.2, -0.15) is 0 Å². The molecule has 36 heavy (non-hydrogen) atoms. The van der Waals surface area contributed by atoms with E-state index < -0.39 is 17.5 Å². The minimum absolute atomic E-state index is 0.0648. The Morgan fingerprint density at radius 3 is 2.89 bits per heavy atom. The molecule has 2 unspecified atom stereocenters. The number of carbonyl (C=O) groups excluding carboxylic acids is 1. The number of nitrogens with zero attached hydrogens (tertiary/aromatic N) is 2. The lowest BCUT2D eigenvalue weighted by Gasteiger charge is -2.37. The van der Waals surface area contributed by atoms with Gasteiger partial charge in [-0.15, -0.1) is 0 Å². The van der Waals surface area contributed by atoms with Gasteiger partial charge in [0.05, 0.1) is 48.8 Å². The van der Waals surface area contributed by atoms with Crippen molar-refractivity contribution in [3.63, 3.8) is 0 Å². The lowest BCUT2D eigenvalue weighted by atomic mass is 9.69. The van der Waals surface area contributed by atoms with Crippen molar-refractivity contribution in [1.29, 1.82) is 0 Å². The van der Waals surface area contributed by atoms with Crippen molar-refractivity contribution in [3.05, 3.63) is 50.3 Å². The van der Waals surface area contributed by atoms with Gasteiger partial charge in [0.2, 0.25) is 6.79 Å². The van der Waals surface area contributed by atoms with Crippen molar-refractivity contribution in [2.24, 2.45) is 0 Å². The van der Waals surface area contributed by atoms with E-state index >= 15 is 0 Å². The van der Waals surface area contributed by atoms with Gasteiger partial charge >= 0.3 is 5.97 Å².